The van der Waals surface area contributed by atoms with E-state index in [4.69, 9.17) is 17.1 Å². The number of fused-ring (bicyclic) bond motifs is 2. The third-order valence-electron chi connectivity index (χ3n) is 6.77. The van der Waals surface area contributed by atoms with E-state index in [0.29, 0.717) is 25.0 Å². The fourth-order valence-corrected chi connectivity index (χ4v) is 8.16. The number of hydrogen-bond donors (Lipinski definition) is 2. The maximum Gasteiger partial charge on any atom is 0.255 e. The highest BCUT2D eigenvalue weighted by Gasteiger charge is 2.54. The molecular weight excluding hydrogens is 509 g/mol. The Hall–Kier alpha value is -2.79. The minimum atomic E-state index is -4.05. The maximum atomic E-state index is 13.7. The van der Waals surface area contributed by atoms with Crippen LogP contribution in [0.1, 0.15) is 36.0 Å². The molecule has 1 amide bonds. The van der Waals surface area contributed by atoms with Crippen molar-refractivity contribution in [3.63, 3.8) is 0 Å². The number of sulfone groups is 1. The molecule has 0 saturated heterocycles. The number of aliphatic hydroxyl groups excluding tert-OH is 1. The molecule has 2 N–H and O–H groups in total. The summed E-state index contributed by atoms with van der Waals surface area (Å²) in [4.78, 5) is 15.2. The van der Waals surface area contributed by atoms with Gasteiger partial charge in [0.2, 0.25) is 0 Å². The van der Waals surface area contributed by atoms with Crippen molar-refractivity contribution in [3.05, 3.63) is 68.8 Å². The summed E-state index contributed by atoms with van der Waals surface area (Å²) < 4.78 is 67.5. The number of azide groups is 1. The summed E-state index contributed by atoms with van der Waals surface area (Å²) in [6.45, 7) is -0.391. The molecule has 2 fully saturated rings. The van der Waals surface area contributed by atoms with Gasteiger partial charge in [-0.2, -0.15) is 0 Å². The van der Waals surface area contributed by atoms with Crippen LogP contribution in [0.4, 0.5) is 18.9 Å². The van der Waals surface area contributed by atoms with Gasteiger partial charge in [-0.15, -0.1) is 0 Å². The van der Waals surface area contributed by atoms with Crippen molar-refractivity contribution in [2.24, 2.45) is 17.0 Å². The van der Waals surface area contributed by atoms with Gasteiger partial charge in [-0.1, -0.05) is 16.7 Å². The van der Waals surface area contributed by atoms with Crippen molar-refractivity contribution >= 4 is 33.0 Å². The number of carbonyl (C=O) groups excluding carboxylic acids is 1. The van der Waals surface area contributed by atoms with Gasteiger partial charge in [-0.3, -0.25) is 4.79 Å². The number of rotatable bonds is 6. The van der Waals surface area contributed by atoms with Crippen LogP contribution in [-0.4, -0.2) is 36.8 Å². The van der Waals surface area contributed by atoms with Crippen LogP contribution in [0.5, 0.6) is 0 Å². The molecule has 0 aliphatic heterocycles. The molecule has 2 bridgehead atoms. The third-order valence-corrected chi connectivity index (χ3v) is 9.65. The fraction of sp³-hybridized carbons (Fsp3) is 0.409. The standard InChI is InChI=1S/C22H20ClF3N4O4S/c23-15-4-3-11(21(32)28-14-6-16(24)19(26)17(25)7-14)5-18(15)35(33,34)20-12-1-2-13(20)9-22(8-12,10-31)29-30-27/h3-7,12-13,20,31H,1-2,8-10H2,(H,28,32)/t12-,13?,20+,22-/m0/s1. The summed E-state index contributed by atoms with van der Waals surface area (Å²) in [6.07, 6.45) is 1.54. The second-order valence-electron chi connectivity index (χ2n) is 8.94. The molecule has 13 heteroatoms. The van der Waals surface area contributed by atoms with E-state index in [1.165, 1.54) is 12.1 Å². The summed E-state index contributed by atoms with van der Waals surface area (Å²) in [5, 5.41) is 14.8. The predicted octanol–water partition coefficient (Wildman–Crippen LogP) is 5.01. The lowest BCUT2D eigenvalue weighted by molar-refractivity contribution is 0.102. The van der Waals surface area contributed by atoms with Crippen LogP contribution < -0.4 is 5.32 Å². The first kappa shape index (κ1) is 25.3. The van der Waals surface area contributed by atoms with E-state index in [1.54, 1.807) is 0 Å². The fourth-order valence-electron chi connectivity index (χ4n) is 5.32. The monoisotopic (exact) mass is 528 g/mol. The van der Waals surface area contributed by atoms with Gasteiger partial charge in [0, 0.05) is 28.3 Å². The Balaban J connectivity index is 1.64. The van der Waals surface area contributed by atoms with E-state index in [-0.39, 0.29) is 45.8 Å². The molecule has 35 heavy (non-hydrogen) atoms. The molecule has 1 unspecified atom stereocenters. The van der Waals surface area contributed by atoms with Crippen LogP contribution in [0.3, 0.4) is 0 Å². The second-order valence-corrected chi connectivity index (χ2v) is 11.4. The Labute approximate surface area is 203 Å². The molecule has 0 heterocycles. The smallest absolute Gasteiger partial charge is 0.255 e. The van der Waals surface area contributed by atoms with Gasteiger partial charge in [-0.25, -0.2) is 21.6 Å². The molecule has 2 aliphatic carbocycles. The normalized spacial score (nSPS) is 25.7. The molecule has 2 aromatic rings. The Morgan fingerprint density at radius 1 is 1.17 bits per heavy atom. The lowest BCUT2D eigenvalue weighted by Crippen LogP contribution is -2.46. The Kier molecular flexibility index (Phi) is 6.76. The lowest BCUT2D eigenvalue weighted by atomic mass is 9.76. The number of halogens is 4. The topological polar surface area (TPSA) is 132 Å². The number of nitrogens with one attached hydrogen (secondary N) is 1. The number of amides is 1. The molecule has 8 nitrogen and oxygen atoms in total. The van der Waals surface area contributed by atoms with Crippen LogP contribution in [0.25, 0.3) is 10.4 Å². The number of benzene rings is 2. The van der Waals surface area contributed by atoms with Crippen LogP contribution in [0.15, 0.2) is 40.3 Å². The molecule has 4 atom stereocenters. The number of anilines is 1. The zero-order valence-electron chi connectivity index (χ0n) is 18.1. The van der Waals surface area contributed by atoms with Crippen molar-refractivity contribution < 1.29 is 31.5 Å². The minimum Gasteiger partial charge on any atom is -0.396 e. The molecule has 2 aromatic carbocycles. The molecule has 186 valence electrons. The van der Waals surface area contributed by atoms with Crippen LogP contribution in [0, 0.1) is 29.3 Å². The van der Waals surface area contributed by atoms with Crippen molar-refractivity contribution in [2.45, 2.75) is 41.4 Å². The first-order chi connectivity index (χ1) is 16.5. The third kappa shape index (κ3) is 4.58. The summed E-state index contributed by atoms with van der Waals surface area (Å²) in [5.41, 5.74) is 7.34. The number of aliphatic hydroxyl groups is 1. The van der Waals surface area contributed by atoms with E-state index in [9.17, 15) is 31.5 Å². The van der Waals surface area contributed by atoms with E-state index in [2.05, 4.69) is 15.3 Å². The molecule has 4 rings (SSSR count). The van der Waals surface area contributed by atoms with E-state index >= 15 is 0 Å². The predicted molar refractivity (Wildman–Crippen MR) is 121 cm³/mol. The summed E-state index contributed by atoms with van der Waals surface area (Å²) in [7, 11) is -4.05. The van der Waals surface area contributed by atoms with Gasteiger partial charge in [0.05, 0.1) is 27.3 Å². The van der Waals surface area contributed by atoms with Gasteiger partial charge in [0.1, 0.15) is 0 Å². The first-order valence-electron chi connectivity index (χ1n) is 10.7. The highest BCUT2D eigenvalue weighted by atomic mass is 35.5. The molecule has 0 radical (unpaired) electrons. The Bertz CT molecular complexity index is 1310. The van der Waals surface area contributed by atoms with Crippen molar-refractivity contribution in [2.75, 3.05) is 11.9 Å². The summed E-state index contributed by atoms with van der Waals surface area (Å²) in [6, 6.07) is 4.77. The van der Waals surface area contributed by atoms with Gasteiger partial charge < -0.3 is 10.4 Å². The average Bonchev–Trinajstić information content (AvgIpc) is 3.10. The summed E-state index contributed by atoms with van der Waals surface area (Å²) >= 11 is 6.21. The highest BCUT2D eigenvalue weighted by molar-refractivity contribution is 7.92. The average molecular weight is 529 g/mol. The van der Waals surface area contributed by atoms with E-state index in [0.717, 1.165) is 6.07 Å². The number of hydrogen-bond acceptors (Lipinski definition) is 5. The molecule has 0 spiro atoms. The largest absolute Gasteiger partial charge is 0.396 e. The van der Waals surface area contributed by atoms with Crippen LogP contribution in [0.2, 0.25) is 5.02 Å². The van der Waals surface area contributed by atoms with Crippen molar-refractivity contribution in [1.29, 1.82) is 0 Å². The Morgan fingerprint density at radius 3 is 2.31 bits per heavy atom. The second kappa shape index (κ2) is 9.34. The van der Waals surface area contributed by atoms with Gasteiger partial charge in [0.15, 0.2) is 27.3 Å². The minimum absolute atomic E-state index is 0.103. The van der Waals surface area contributed by atoms with Gasteiger partial charge in [-0.05, 0) is 61.2 Å². The van der Waals surface area contributed by atoms with Crippen molar-refractivity contribution in [1.82, 2.24) is 0 Å². The molecule has 2 saturated carbocycles. The quantitative estimate of drug-likeness (QED) is 0.236. The van der Waals surface area contributed by atoms with Gasteiger partial charge >= 0.3 is 0 Å². The van der Waals surface area contributed by atoms with Gasteiger partial charge in [0.25, 0.3) is 5.91 Å². The van der Waals surface area contributed by atoms with Crippen LogP contribution >= 0.6 is 11.6 Å². The molecule has 2 aliphatic rings. The highest BCUT2D eigenvalue weighted by Crippen LogP contribution is 2.52. The SMILES string of the molecule is [N-]=[N+]=N[C@]1(CO)CC2CC[C@@H](C1)[C@H]2S(=O)(=O)c1cc(C(=O)Nc2cc(F)c(F)c(F)c2)ccc1Cl. The zero-order valence-corrected chi connectivity index (χ0v) is 19.7. The first-order valence-corrected chi connectivity index (χ1v) is 12.6. The van der Waals surface area contributed by atoms with Crippen molar-refractivity contribution in [3.8, 4) is 0 Å². The molecule has 0 aromatic heterocycles. The van der Waals surface area contributed by atoms with E-state index in [1.807, 2.05) is 0 Å². The number of carbonyl (C=O) groups is 1. The lowest BCUT2D eigenvalue weighted by Gasteiger charge is -2.40. The number of nitrogens with zero attached hydrogens (tertiary/aromatic N) is 3. The van der Waals surface area contributed by atoms with E-state index < -0.39 is 50.6 Å². The summed E-state index contributed by atoms with van der Waals surface area (Å²) in [5.74, 6) is -6.31. The van der Waals surface area contributed by atoms with Crippen LogP contribution in [-0.2, 0) is 9.84 Å². The Morgan fingerprint density at radius 2 is 1.77 bits per heavy atom. The maximum absolute atomic E-state index is 13.7. The molecular formula is C22H20ClF3N4O4S. The zero-order chi connectivity index (χ0) is 25.5.